The van der Waals surface area contributed by atoms with Crippen LogP contribution in [0.4, 0.5) is 0 Å². The molecule has 1 aliphatic heterocycles. The van der Waals surface area contributed by atoms with E-state index in [1.165, 1.54) is 0 Å². The maximum absolute atomic E-state index is 10.8. The molecule has 0 radical (unpaired) electrons. The van der Waals surface area contributed by atoms with E-state index < -0.39 is 20.4 Å². The molecule has 0 aromatic carbocycles. The molecule has 39 heavy (non-hydrogen) atoms. The van der Waals surface area contributed by atoms with Crippen molar-refractivity contribution in [2.45, 2.75) is 146 Å². The molecule has 2 N–H and O–H groups in total. The number of alkyl halides is 1. The summed E-state index contributed by atoms with van der Waals surface area (Å²) in [6, 6.07) is 0. The van der Waals surface area contributed by atoms with Crippen molar-refractivity contribution in [2.24, 2.45) is 11.8 Å². The third-order valence-electron chi connectivity index (χ3n) is 8.61. The van der Waals surface area contributed by atoms with Gasteiger partial charge in [-0.3, -0.25) is 4.79 Å². The van der Waals surface area contributed by atoms with Gasteiger partial charge < -0.3 is 24.1 Å². The monoisotopic (exact) mass is 586 g/mol. The van der Waals surface area contributed by atoms with Crippen LogP contribution in [-0.4, -0.2) is 61.1 Å². The summed E-state index contributed by atoms with van der Waals surface area (Å²) in [7, 11) is -1.79. The fourth-order valence-corrected chi connectivity index (χ4v) is 7.17. The second-order valence-corrected chi connectivity index (χ2v) is 18.3. The number of carbonyl (C=O) groups is 1. The van der Waals surface area contributed by atoms with E-state index in [0.717, 1.165) is 58.0 Å². The first kappa shape index (κ1) is 34.5. The molecule has 0 bridgehead atoms. The van der Waals surface area contributed by atoms with Crippen LogP contribution in [0.1, 0.15) is 98.3 Å². The highest BCUT2D eigenvalue weighted by Gasteiger charge is 2.42. The molecular formula is C31H55ClO6Si. The first-order valence-corrected chi connectivity index (χ1v) is 18.5. The van der Waals surface area contributed by atoms with Crippen molar-refractivity contribution >= 4 is 25.9 Å². The van der Waals surface area contributed by atoms with E-state index in [1.54, 1.807) is 0 Å². The molecule has 1 aliphatic carbocycles. The molecule has 2 rings (SSSR count). The Morgan fingerprint density at radius 2 is 1.92 bits per heavy atom. The maximum Gasteiger partial charge on any atom is 0.303 e. The van der Waals surface area contributed by atoms with Crippen molar-refractivity contribution in [3.63, 3.8) is 0 Å². The van der Waals surface area contributed by atoms with Crippen LogP contribution in [0.5, 0.6) is 0 Å². The zero-order valence-corrected chi connectivity index (χ0v) is 27.0. The van der Waals surface area contributed by atoms with Crippen molar-refractivity contribution in [1.29, 1.82) is 0 Å². The van der Waals surface area contributed by atoms with E-state index in [0.29, 0.717) is 12.8 Å². The van der Waals surface area contributed by atoms with Crippen LogP contribution in [-0.2, 0) is 18.7 Å². The Bertz CT molecular complexity index is 774. The number of aliphatic hydroxyl groups excluding tert-OH is 1. The molecule has 0 aromatic rings. The van der Waals surface area contributed by atoms with Crippen molar-refractivity contribution in [3.8, 4) is 0 Å². The van der Waals surface area contributed by atoms with Crippen LogP contribution in [0.15, 0.2) is 24.3 Å². The summed E-state index contributed by atoms with van der Waals surface area (Å²) in [6.07, 6.45) is 16.5. The predicted octanol–water partition coefficient (Wildman–Crippen LogP) is 7.84. The van der Waals surface area contributed by atoms with Gasteiger partial charge in [0.2, 0.25) is 0 Å². The summed E-state index contributed by atoms with van der Waals surface area (Å²) in [5.41, 5.74) is 0. The number of unbranched alkanes of at least 4 members (excludes halogenated alkanes) is 1. The van der Waals surface area contributed by atoms with E-state index in [4.69, 9.17) is 30.6 Å². The number of aliphatic carboxylic acids is 1. The third kappa shape index (κ3) is 12.4. The number of hydrogen-bond acceptors (Lipinski definition) is 5. The van der Waals surface area contributed by atoms with Gasteiger partial charge in [0, 0.05) is 30.4 Å². The highest BCUT2D eigenvalue weighted by molar-refractivity contribution is 6.74. The van der Waals surface area contributed by atoms with Gasteiger partial charge in [0.15, 0.2) is 14.6 Å². The Hall–Kier alpha value is -0.703. The van der Waals surface area contributed by atoms with Crippen molar-refractivity contribution in [2.75, 3.05) is 6.61 Å². The van der Waals surface area contributed by atoms with Crippen LogP contribution in [0, 0.1) is 11.8 Å². The Balaban J connectivity index is 1.94. The number of rotatable bonds is 16. The van der Waals surface area contributed by atoms with Crippen molar-refractivity contribution < 1.29 is 28.9 Å². The Morgan fingerprint density at radius 3 is 2.56 bits per heavy atom. The van der Waals surface area contributed by atoms with Crippen LogP contribution in [0.2, 0.25) is 18.1 Å². The number of halogens is 1. The first-order valence-electron chi connectivity index (χ1n) is 15.1. The molecule has 1 saturated heterocycles. The second kappa shape index (κ2) is 16.7. The van der Waals surface area contributed by atoms with Gasteiger partial charge in [0.25, 0.3) is 0 Å². The highest BCUT2D eigenvalue weighted by Crippen LogP contribution is 2.42. The Morgan fingerprint density at radius 1 is 1.18 bits per heavy atom. The molecule has 0 amide bonds. The van der Waals surface area contributed by atoms with Crippen molar-refractivity contribution in [3.05, 3.63) is 24.3 Å². The summed E-state index contributed by atoms with van der Waals surface area (Å²) in [4.78, 5) is 10.7. The number of carboxylic acids is 1. The maximum atomic E-state index is 10.8. The van der Waals surface area contributed by atoms with Crippen LogP contribution in [0.25, 0.3) is 0 Å². The molecule has 1 saturated carbocycles. The Kier molecular flexibility index (Phi) is 14.7. The molecule has 2 aliphatic rings. The van der Waals surface area contributed by atoms with E-state index in [1.807, 2.05) is 6.08 Å². The van der Waals surface area contributed by atoms with Crippen LogP contribution < -0.4 is 0 Å². The molecule has 2 fully saturated rings. The minimum Gasteiger partial charge on any atom is -0.481 e. The number of allylic oxidation sites excluding steroid dienone is 2. The quantitative estimate of drug-likeness (QED) is 0.0829. The van der Waals surface area contributed by atoms with Crippen LogP contribution in [0.3, 0.4) is 0 Å². The van der Waals surface area contributed by atoms with Gasteiger partial charge in [-0.2, -0.15) is 0 Å². The lowest BCUT2D eigenvalue weighted by atomic mass is 9.90. The molecule has 1 heterocycles. The Labute approximate surface area is 243 Å². The van der Waals surface area contributed by atoms with Gasteiger partial charge in [0.1, 0.15) is 0 Å². The summed E-state index contributed by atoms with van der Waals surface area (Å²) >= 11 is 6.85. The largest absolute Gasteiger partial charge is 0.481 e. The van der Waals surface area contributed by atoms with Crippen molar-refractivity contribution in [1.82, 2.24) is 0 Å². The smallest absolute Gasteiger partial charge is 0.303 e. The van der Waals surface area contributed by atoms with E-state index in [-0.39, 0.29) is 47.2 Å². The van der Waals surface area contributed by atoms with E-state index >= 15 is 0 Å². The number of carboxylic acid groups (broad SMARTS) is 1. The SMILES string of the molecule is C[C@H](CCC[C@H](O)/C=C/[C@@H]1[C@@H](CC=CCCCC(=O)O)[C@H](Cl)C[C@H]1OC1CCCCO1)O[Si](C)(C)C(C)(C)C. The molecule has 1 unspecified atom stereocenters. The zero-order valence-electron chi connectivity index (χ0n) is 25.2. The highest BCUT2D eigenvalue weighted by atomic mass is 35.5. The topological polar surface area (TPSA) is 85.2 Å². The molecule has 6 nitrogen and oxygen atoms in total. The second-order valence-electron chi connectivity index (χ2n) is 13.0. The average molecular weight is 587 g/mol. The van der Waals surface area contributed by atoms with Gasteiger partial charge in [0.05, 0.1) is 12.2 Å². The minimum absolute atomic E-state index is 0.0256. The van der Waals surface area contributed by atoms with Gasteiger partial charge >= 0.3 is 5.97 Å². The fourth-order valence-electron chi connectivity index (χ4n) is 5.25. The summed E-state index contributed by atoms with van der Waals surface area (Å²) in [5, 5.41) is 19.8. The minimum atomic E-state index is -1.79. The molecular weight excluding hydrogens is 532 g/mol. The molecule has 8 heteroatoms. The summed E-state index contributed by atoms with van der Waals surface area (Å²) < 4.78 is 18.7. The summed E-state index contributed by atoms with van der Waals surface area (Å²) in [6.45, 7) is 14.2. The number of ether oxygens (including phenoxy) is 2. The van der Waals surface area contributed by atoms with Gasteiger partial charge in [-0.25, -0.2) is 0 Å². The zero-order chi connectivity index (χ0) is 29.1. The third-order valence-corrected chi connectivity index (χ3v) is 13.7. The predicted molar refractivity (Wildman–Crippen MR) is 162 cm³/mol. The van der Waals surface area contributed by atoms with Crippen LogP contribution >= 0.6 is 11.6 Å². The number of hydrogen-bond donors (Lipinski definition) is 2. The molecule has 0 spiro atoms. The lowest BCUT2D eigenvalue weighted by Gasteiger charge is -2.38. The first-order chi connectivity index (χ1) is 18.3. The van der Waals surface area contributed by atoms with E-state index in [2.05, 4.69) is 59.0 Å². The average Bonchev–Trinajstić information content (AvgIpc) is 3.12. The lowest BCUT2D eigenvalue weighted by Crippen LogP contribution is -2.43. The normalized spacial score (nSPS) is 28.4. The molecule has 226 valence electrons. The fraction of sp³-hybridized carbons (Fsp3) is 0.839. The molecule has 0 aromatic heterocycles. The van der Waals surface area contributed by atoms with Gasteiger partial charge in [-0.1, -0.05) is 45.1 Å². The number of aliphatic hydroxyl groups is 1. The summed E-state index contributed by atoms with van der Waals surface area (Å²) in [5.74, 6) is -0.471. The van der Waals surface area contributed by atoms with E-state index in [9.17, 15) is 9.90 Å². The lowest BCUT2D eigenvalue weighted by molar-refractivity contribution is -0.192. The van der Waals surface area contributed by atoms with Gasteiger partial charge in [-0.05, 0) is 95.2 Å². The molecule has 7 atom stereocenters. The standard InChI is InChI=1S/C31H55ClO6Si/c1-23(38-39(5,6)31(2,3)4)14-13-15-24(33)19-20-26-25(16-9-7-8-10-17-29(34)35)27(32)22-28(26)37-30-18-11-12-21-36-30/h7,9,19-20,23-28,30,33H,8,10-18,21-22H2,1-6H3,(H,34,35)/b9-7?,20-19+/t23-,24+,25-,26-,27-,28-,30?/m1/s1. The van der Waals surface area contributed by atoms with Gasteiger partial charge in [-0.15, -0.1) is 11.6 Å².